The Balaban J connectivity index is 1.33. The molecule has 0 N–H and O–H groups in total. The summed E-state index contributed by atoms with van der Waals surface area (Å²) in [5, 5.41) is 2.50. The zero-order chi connectivity index (χ0) is 37.8. The fourth-order valence-corrected chi connectivity index (χ4v) is 10.4. The number of benzene rings is 8. The van der Waals surface area contributed by atoms with Crippen LogP contribution in [0.3, 0.4) is 0 Å². The molecule has 0 saturated carbocycles. The maximum Gasteiger partial charge on any atom is 0.0781 e. The molecule has 2 aliphatic rings. The van der Waals surface area contributed by atoms with Crippen molar-refractivity contribution in [2.45, 2.75) is 38.5 Å². The Labute approximate surface area is 328 Å². The van der Waals surface area contributed by atoms with Gasteiger partial charge in [-0.3, -0.25) is 0 Å². The number of hydrogen-bond donors (Lipinski definition) is 0. The lowest BCUT2D eigenvalue weighted by atomic mass is 9.79. The lowest BCUT2D eigenvalue weighted by Crippen LogP contribution is -2.25. The molecule has 2 nitrogen and oxygen atoms in total. The van der Waals surface area contributed by atoms with E-state index < -0.39 is 0 Å². The number of fused-ring (bicyclic) bond motifs is 9. The fourth-order valence-electron chi connectivity index (χ4n) is 10.4. The van der Waals surface area contributed by atoms with E-state index in [0.717, 1.165) is 11.4 Å². The molecule has 0 spiro atoms. The predicted octanol–water partition coefficient (Wildman–Crippen LogP) is 14.5. The standard InChI is InChI=1S/C54H42N2/c1-53(2)43-28-12-8-21-37(43)41-26-17-32-47(50(41)53)56(48-33-18-27-42-38-22-9-13-29-44(38)54(3,4)51(42)48)52-36(35-19-6-5-7-20-35)25-16-34-49(52)55-45-30-14-10-23-39(45)40-24-11-15-31-46(40)55/h5-34H,1-4H3. The molecule has 2 heteroatoms. The summed E-state index contributed by atoms with van der Waals surface area (Å²) in [6.07, 6.45) is 0. The molecule has 0 unspecified atom stereocenters. The van der Waals surface area contributed by atoms with Crippen LogP contribution in [0.2, 0.25) is 0 Å². The van der Waals surface area contributed by atoms with Crippen molar-refractivity contribution in [3.63, 3.8) is 0 Å². The van der Waals surface area contributed by atoms with Crippen molar-refractivity contribution in [1.29, 1.82) is 0 Å². The van der Waals surface area contributed by atoms with Crippen molar-refractivity contribution in [2.24, 2.45) is 0 Å². The van der Waals surface area contributed by atoms with Crippen molar-refractivity contribution in [2.75, 3.05) is 4.90 Å². The molecule has 0 saturated heterocycles. The van der Waals surface area contributed by atoms with Crippen molar-refractivity contribution in [3.8, 4) is 39.1 Å². The van der Waals surface area contributed by atoms with Gasteiger partial charge in [-0.1, -0.05) is 179 Å². The largest absolute Gasteiger partial charge is 0.307 e. The molecule has 8 aromatic carbocycles. The second-order valence-electron chi connectivity index (χ2n) is 16.5. The third kappa shape index (κ3) is 4.44. The van der Waals surface area contributed by atoms with E-state index in [9.17, 15) is 0 Å². The van der Waals surface area contributed by atoms with Gasteiger partial charge >= 0.3 is 0 Å². The quantitative estimate of drug-likeness (QED) is 0.172. The first-order valence-corrected chi connectivity index (χ1v) is 19.8. The smallest absolute Gasteiger partial charge is 0.0781 e. The molecule has 0 atom stereocenters. The first-order valence-electron chi connectivity index (χ1n) is 19.8. The molecule has 2 aliphatic carbocycles. The van der Waals surface area contributed by atoms with Gasteiger partial charge in [0.25, 0.3) is 0 Å². The van der Waals surface area contributed by atoms with Crippen LogP contribution in [0, 0.1) is 0 Å². The van der Waals surface area contributed by atoms with Crippen molar-refractivity contribution >= 4 is 38.9 Å². The van der Waals surface area contributed by atoms with E-state index in [4.69, 9.17) is 0 Å². The van der Waals surface area contributed by atoms with E-state index in [0.29, 0.717) is 0 Å². The SMILES string of the molecule is CC1(C)c2ccccc2-c2cccc(N(c3cccc4c3C(C)(C)c3ccccc3-4)c3c(-c4ccccc4)cccc3-n3c4ccccc4c4ccccc43)c21. The van der Waals surface area contributed by atoms with Crippen molar-refractivity contribution < 1.29 is 0 Å². The monoisotopic (exact) mass is 718 g/mol. The highest BCUT2D eigenvalue weighted by Crippen LogP contribution is 2.59. The summed E-state index contributed by atoms with van der Waals surface area (Å²) < 4.78 is 2.51. The Morgan fingerprint density at radius 1 is 0.375 bits per heavy atom. The fraction of sp³-hybridized carbons (Fsp3) is 0.111. The minimum Gasteiger partial charge on any atom is -0.307 e. The maximum atomic E-state index is 2.65. The third-order valence-electron chi connectivity index (χ3n) is 12.7. The lowest BCUT2D eigenvalue weighted by Gasteiger charge is -2.37. The number of aromatic nitrogens is 1. The summed E-state index contributed by atoms with van der Waals surface area (Å²) >= 11 is 0. The molecule has 0 amide bonds. The van der Waals surface area contributed by atoms with E-state index in [1.165, 1.54) is 88.8 Å². The molecule has 1 aromatic heterocycles. The zero-order valence-electron chi connectivity index (χ0n) is 32.2. The van der Waals surface area contributed by atoms with E-state index >= 15 is 0 Å². The number of para-hydroxylation sites is 3. The zero-order valence-corrected chi connectivity index (χ0v) is 32.2. The van der Waals surface area contributed by atoms with Gasteiger partial charge in [-0.25, -0.2) is 0 Å². The number of anilines is 3. The molecule has 1 heterocycles. The molecule has 0 fully saturated rings. The summed E-state index contributed by atoms with van der Waals surface area (Å²) in [7, 11) is 0. The van der Waals surface area contributed by atoms with Crippen LogP contribution in [-0.2, 0) is 10.8 Å². The van der Waals surface area contributed by atoms with Gasteiger partial charge in [-0.2, -0.15) is 0 Å². The average molecular weight is 719 g/mol. The third-order valence-corrected chi connectivity index (χ3v) is 12.7. The predicted molar refractivity (Wildman–Crippen MR) is 236 cm³/mol. The van der Waals surface area contributed by atoms with E-state index in [1.807, 2.05) is 0 Å². The summed E-state index contributed by atoms with van der Waals surface area (Å²) in [5.74, 6) is 0. The molecular formula is C54H42N2. The maximum absolute atomic E-state index is 2.65. The second kappa shape index (κ2) is 11.9. The highest BCUT2D eigenvalue weighted by atomic mass is 15.2. The molecule has 0 bridgehead atoms. The Morgan fingerprint density at radius 3 is 1.36 bits per heavy atom. The number of nitrogens with zero attached hydrogens (tertiary/aromatic N) is 2. The minimum absolute atomic E-state index is 0.244. The van der Waals surface area contributed by atoms with Crippen LogP contribution in [0.4, 0.5) is 17.1 Å². The van der Waals surface area contributed by atoms with Gasteiger partial charge in [0.2, 0.25) is 0 Å². The van der Waals surface area contributed by atoms with Crippen LogP contribution in [0.1, 0.15) is 49.9 Å². The summed E-state index contributed by atoms with van der Waals surface area (Å²) in [6.45, 7) is 9.63. The normalized spacial score (nSPS) is 14.4. The highest BCUT2D eigenvalue weighted by molar-refractivity contribution is 6.11. The first-order chi connectivity index (χ1) is 27.4. The topological polar surface area (TPSA) is 8.17 Å². The Hall–Kier alpha value is -6.64. The van der Waals surface area contributed by atoms with Gasteiger partial charge in [0.1, 0.15) is 0 Å². The van der Waals surface area contributed by atoms with Gasteiger partial charge in [0, 0.05) is 27.2 Å². The van der Waals surface area contributed by atoms with Crippen LogP contribution >= 0.6 is 0 Å². The second-order valence-corrected chi connectivity index (χ2v) is 16.5. The highest BCUT2D eigenvalue weighted by Gasteiger charge is 2.43. The number of hydrogen-bond acceptors (Lipinski definition) is 1. The van der Waals surface area contributed by atoms with Crippen molar-refractivity contribution in [1.82, 2.24) is 4.57 Å². The molecule has 9 aromatic rings. The van der Waals surface area contributed by atoms with E-state index in [1.54, 1.807) is 0 Å². The van der Waals surface area contributed by atoms with E-state index in [2.05, 4.69) is 219 Å². The molecule has 0 radical (unpaired) electrons. The van der Waals surface area contributed by atoms with Gasteiger partial charge < -0.3 is 9.47 Å². The van der Waals surface area contributed by atoms with Crippen LogP contribution in [0.5, 0.6) is 0 Å². The van der Waals surface area contributed by atoms with Crippen LogP contribution in [0.25, 0.3) is 60.9 Å². The Morgan fingerprint density at radius 2 is 0.804 bits per heavy atom. The Bertz CT molecular complexity index is 2870. The van der Waals surface area contributed by atoms with E-state index in [-0.39, 0.29) is 10.8 Å². The average Bonchev–Trinajstić information content (AvgIpc) is 3.79. The van der Waals surface area contributed by atoms with Crippen LogP contribution in [0.15, 0.2) is 182 Å². The van der Waals surface area contributed by atoms with Crippen molar-refractivity contribution in [3.05, 3.63) is 204 Å². The molecule has 56 heavy (non-hydrogen) atoms. The van der Waals surface area contributed by atoms with Gasteiger partial charge in [-0.15, -0.1) is 0 Å². The van der Waals surface area contributed by atoms with Crippen LogP contribution in [-0.4, -0.2) is 4.57 Å². The summed E-state index contributed by atoms with van der Waals surface area (Å²) in [4.78, 5) is 2.65. The molecule has 11 rings (SSSR count). The minimum atomic E-state index is -0.244. The molecule has 0 aliphatic heterocycles. The van der Waals surface area contributed by atoms with Gasteiger partial charge in [0.15, 0.2) is 0 Å². The van der Waals surface area contributed by atoms with Crippen LogP contribution < -0.4 is 4.90 Å². The molecule has 268 valence electrons. The summed E-state index contributed by atoms with van der Waals surface area (Å²) in [6, 6.07) is 67.6. The van der Waals surface area contributed by atoms with Gasteiger partial charge in [-0.05, 0) is 80.4 Å². The number of rotatable bonds is 5. The lowest BCUT2D eigenvalue weighted by molar-refractivity contribution is 0.656. The first kappa shape index (κ1) is 32.8. The van der Waals surface area contributed by atoms with Gasteiger partial charge in [0.05, 0.1) is 33.8 Å². The summed E-state index contributed by atoms with van der Waals surface area (Å²) in [5.41, 5.74) is 19.6. The Kier molecular flexibility index (Phi) is 6.98. The molecular weight excluding hydrogens is 677 g/mol.